The normalized spacial score (nSPS) is 12.0. The summed E-state index contributed by atoms with van der Waals surface area (Å²) in [6, 6.07) is 11.4. The monoisotopic (exact) mass is 433 g/mol. The smallest absolute Gasteiger partial charge is 0.265 e. The first-order valence-electron chi connectivity index (χ1n) is 9.64. The molecule has 0 spiro atoms. The van der Waals surface area contributed by atoms with Crippen LogP contribution in [0.25, 0.3) is 0 Å². The second-order valence-electron chi connectivity index (χ2n) is 8.42. The van der Waals surface area contributed by atoms with Gasteiger partial charge in [-0.3, -0.25) is 9.52 Å². The molecule has 0 saturated heterocycles. The molecule has 0 aliphatic carbocycles. The zero-order valence-corrected chi connectivity index (χ0v) is 19.3. The maximum Gasteiger partial charge on any atom is 0.265 e. The van der Waals surface area contributed by atoms with Crippen LogP contribution in [0.2, 0.25) is 0 Å². The Balaban J connectivity index is 2.25. The number of ether oxygens (including phenoxy) is 1. The van der Waals surface area contributed by atoms with Gasteiger partial charge in [-0.05, 0) is 56.8 Å². The zero-order chi connectivity index (χ0) is 22.5. The third-order valence-electron chi connectivity index (χ3n) is 4.49. The summed E-state index contributed by atoms with van der Waals surface area (Å²) in [7, 11) is 1.40. The lowest BCUT2D eigenvalue weighted by Gasteiger charge is -2.28. The Labute approximate surface area is 179 Å². The van der Waals surface area contributed by atoms with Gasteiger partial charge < -0.3 is 15.0 Å². The van der Waals surface area contributed by atoms with Crippen LogP contribution >= 0.6 is 0 Å². The van der Waals surface area contributed by atoms with E-state index in [4.69, 9.17) is 4.74 Å². The summed E-state index contributed by atoms with van der Waals surface area (Å²) in [4.78, 5) is 14.6. The van der Waals surface area contributed by atoms with Gasteiger partial charge in [0, 0.05) is 24.3 Å². The van der Waals surface area contributed by atoms with Gasteiger partial charge in [-0.1, -0.05) is 31.5 Å². The van der Waals surface area contributed by atoms with Crippen LogP contribution in [0.4, 0.5) is 5.69 Å². The fourth-order valence-corrected chi connectivity index (χ4v) is 4.45. The summed E-state index contributed by atoms with van der Waals surface area (Å²) >= 11 is 0. The molecular formula is C22H31N3O4S. The Bertz CT molecular complexity index is 984. The number of amides is 1. The average Bonchev–Trinajstić information content (AvgIpc) is 2.66. The van der Waals surface area contributed by atoms with Crippen molar-refractivity contribution in [1.82, 2.24) is 10.2 Å². The van der Waals surface area contributed by atoms with E-state index < -0.39 is 10.0 Å². The maximum absolute atomic E-state index is 13.0. The Morgan fingerprint density at radius 3 is 2.30 bits per heavy atom. The van der Waals surface area contributed by atoms with Crippen molar-refractivity contribution in [2.24, 2.45) is 5.41 Å². The molecule has 0 aliphatic rings. The first-order valence-corrected chi connectivity index (χ1v) is 11.1. The zero-order valence-electron chi connectivity index (χ0n) is 18.4. The molecule has 0 saturated carbocycles. The SMILES string of the molecule is COc1ccc(C(=O)NCC(C)(C)CN(C)C)cc1S(=O)(=O)Nc1ccc(C)cc1. The third-order valence-corrected chi connectivity index (χ3v) is 5.89. The van der Waals surface area contributed by atoms with Gasteiger partial charge >= 0.3 is 0 Å². The van der Waals surface area contributed by atoms with Crippen LogP contribution in [0.15, 0.2) is 47.4 Å². The van der Waals surface area contributed by atoms with Crippen LogP contribution < -0.4 is 14.8 Å². The minimum atomic E-state index is -3.95. The van der Waals surface area contributed by atoms with E-state index in [1.165, 1.54) is 19.2 Å². The van der Waals surface area contributed by atoms with E-state index in [-0.39, 0.29) is 27.5 Å². The van der Waals surface area contributed by atoms with Crippen molar-refractivity contribution in [1.29, 1.82) is 0 Å². The standard InChI is InChI=1S/C22H31N3O4S/c1-16-7-10-18(11-8-16)24-30(27,28)20-13-17(9-12-19(20)29-6)21(26)23-14-22(2,3)15-25(4)5/h7-13,24H,14-15H2,1-6H3,(H,23,26). The van der Waals surface area contributed by atoms with E-state index in [9.17, 15) is 13.2 Å². The number of nitrogens with zero attached hydrogens (tertiary/aromatic N) is 1. The fourth-order valence-electron chi connectivity index (χ4n) is 3.19. The molecule has 0 atom stereocenters. The van der Waals surface area contributed by atoms with E-state index in [0.717, 1.165) is 12.1 Å². The largest absolute Gasteiger partial charge is 0.495 e. The van der Waals surface area contributed by atoms with Crippen LogP contribution in [0.5, 0.6) is 5.75 Å². The van der Waals surface area contributed by atoms with Gasteiger partial charge in [-0.15, -0.1) is 0 Å². The van der Waals surface area contributed by atoms with E-state index in [1.54, 1.807) is 18.2 Å². The summed E-state index contributed by atoms with van der Waals surface area (Å²) in [5.74, 6) is -0.171. The van der Waals surface area contributed by atoms with Crippen LogP contribution in [0, 0.1) is 12.3 Å². The molecule has 0 aromatic heterocycles. The molecule has 164 valence electrons. The number of benzene rings is 2. The highest BCUT2D eigenvalue weighted by molar-refractivity contribution is 7.92. The Kier molecular flexibility index (Phi) is 7.49. The van der Waals surface area contributed by atoms with Crippen molar-refractivity contribution in [3.8, 4) is 5.75 Å². The molecule has 8 heteroatoms. The third kappa shape index (κ3) is 6.47. The second kappa shape index (κ2) is 9.49. The van der Waals surface area contributed by atoms with Crippen LogP contribution in [0.3, 0.4) is 0 Å². The van der Waals surface area contributed by atoms with Gasteiger partial charge in [-0.25, -0.2) is 8.42 Å². The van der Waals surface area contributed by atoms with Crippen LogP contribution in [-0.2, 0) is 10.0 Å². The second-order valence-corrected chi connectivity index (χ2v) is 10.1. The first-order chi connectivity index (χ1) is 13.9. The van der Waals surface area contributed by atoms with Crippen LogP contribution in [0.1, 0.15) is 29.8 Å². The average molecular weight is 434 g/mol. The lowest BCUT2D eigenvalue weighted by atomic mass is 9.93. The van der Waals surface area contributed by atoms with E-state index in [0.29, 0.717) is 12.2 Å². The van der Waals surface area contributed by atoms with E-state index in [2.05, 4.69) is 28.8 Å². The number of carbonyl (C=O) groups excluding carboxylic acids is 1. The van der Waals surface area contributed by atoms with Gasteiger partial charge in [0.05, 0.1) is 7.11 Å². The number of hydrogen-bond donors (Lipinski definition) is 2. The van der Waals surface area contributed by atoms with Gasteiger partial charge in [0.15, 0.2) is 0 Å². The molecule has 0 unspecified atom stereocenters. The van der Waals surface area contributed by atoms with Gasteiger partial charge in [-0.2, -0.15) is 0 Å². The number of carbonyl (C=O) groups is 1. The number of nitrogens with one attached hydrogen (secondary N) is 2. The number of methoxy groups -OCH3 is 1. The highest BCUT2D eigenvalue weighted by Crippen LogP contribution is 2.27. The number of hydrogen-bond acceptors (Lipinski definition) is 5. The predicted molar refractivity (Wildman–Crippen MR) is 120 cm³/mol. The molecule has 2 rings (SSSR count). The lowest BCUT2D eigenvalue weighted by molar-refractivity contribution is 0.0929. The van der Waals surface area contributed by atoms with Crippen molar-refractivity contribution in [2.45, 2.75) is 25.7 Å². The molecule has 0 bridgehead atoms. The van der Waals surface area contributed by atoms with Crippen molar-refractivity contribution < 1.29 is 17.9 Å². The topological polar surface area (TPSA) is 87.7 Å². The summed E-state index contributed by atoms with van der Waals surface area (Å²) in [5, 5.41) is 2.90. The van der Waals surface area contributed by atoms with E-state index >= 15 is 0 Å². The molecule has 0 heterocycles. The number of anilines is 1. The molecule has 0 fully saturated rings. The van der Waals surface area contributed by atoms with Crippen LogP contribution in [-0.4, -0.2) is 53.5 Å². The Hall–Kier alpha value is -2.58. The Morgan fingerprint density at radius 1 is 1.10 bits per heavy atom. The first kappa shape index (κ1) is 23.7. The molecule has 2 aromatic carbocycles. The fraction of sp³-hybridized carbons (Fsp3) is 0.409. The van der Waals surface area contributed by atoms with Gasteiger partial charge in [0.1, 0.15) is 10.6 Å². The van der Waals surface area contributed by atoms with E-state index in [1.807, 2.05) is 33.2 Å². The minimum absolute atomic E-state index is 0.0919. The predicted octanol–water partition coefficient (Wildman–Crippen LogP) is 3.12. The number of aryl methyl sites for hydroxylation is 1. The molecule has 0 radical (unpaired) electrons. The van der Waals surface area contributed by atoms with Crippen molar-refractivity contribution in [2.75, 3.05) is 39.0 Å². The summed E-state index contributed by atoms with van der Waals surface area (Å²) in [5.41, 5.74) is 1.57. The maximum atomic E-state index is 13.0. The summed E-state index contributed by atoms with van der Waals surface area (Å²) < 4.78 is 33.7. The molecule has 0 aliphatic heterocycles. The number of rotatable bonds is 9. The van der Waals surface area contributed by atoms with Gasteiger partial charge in [0.2, 0.25) is 0 Å². The highest BCUT2D eigenvalue weighted by Gasteiger charge is 2.24. The minimum Gasteiger partial charge on any atom is -0.495 e. The Morgan fingerprint density at radius 2 is 1.73 bits per heavy atom. The van der Waals surface area contributed by atoms with Gasteiger partial charge in [0.25, 0.3) is 15.9 Å². The van der Waals surface area contributed by atoms with Crippen molar-refractivity contribution in [3.63, 3.8) is 0 Å². The molecule has 7 nitrogen and oxygen atoms in total. The van der Waals surface area contributed by atoms with Crippen molar-refractivity contribution >= 4 is 21.6 Å². The summed E-state index contributed by atoms with van der Waals surface area (Å²) in [6.45, 7) is 7.30. The molecule has 1 amide bonds. The van der Waals surface area contributed by atoms with Crippen molar-refractivity contribution in [3.05, 3.63) is 53.6 Å². The quantitative estimate of drug-likeness (QED) is 0.634. The lowest BCUT2D eigenvalue weighted by Crippen LogP contribution is -2.40. The number of sulfonamides is 1. The molecule has 30 heavy (non-hydrogen) atoms. The summed E-state index contributed by atoms with van der Waals surface area (Å²) in [6.07, 6.45) is 0. The molecule has 2 N–H and O–H groups in total. The highest BCUT2D eigenvalue weighted by atomic mass is 32.2. The molecular weight excluding hydrogens is 402 g/mol. The molecule has 2 aromatic rings.